The van der Waals surface area contributed by atoms with Crippen molar-refractivity contribution in [1.82, 2.24) is 10.2 Å². The Morgan fingerprint density at radius 1 is 1.05 bits per heavy atom. The number of hydrogen-bond donors (Lipinski definition) is 2. The fourth-order valence-electron chi connectivity index (χ4n) is 2.22. The van der Waals surface area contributed by atoms with E-state index in [1.165, 1.54) is 5.56 Å². The van der Waals surface area contributed by atoms with Crippen molar-refractivity contribution in [2.45, 2.75) is 20.0 Å². The largest absolute Gasteiger partial charge is 0.487 e. The molecular formula is C18H19N3O. The third-order valence-electron chi connectivity index (χ3n) is 3.56. The summed E-state index contributed by atoms with van der Waals surface area (Å²) in [4.78, 5) is 0. The molecule has 22 heavy (non-hydrogen) atoms. The highest BCUT2D eigenvalue weighted by molar-refractivity contribution is 5.61. The van der Waals surface area contributed by atoms with Gasteiger partial charge in [-0.2, -0.15) is 5.10 Å². The molecule has 2 aromatic carbocycles. The second kappa shape index (κ2) is 6.35. The average Bonchev–Trinajstić information content (AvgIpc) is 3.03. The normalized spacial score (nSPS) is 10.6. The van der Waals surface area contributed by atoms with Crippen molar-refractivity contribution in [3.05, 3.63) is 65.9 Å². The molecule has 1 aromatic heterocycles. The van der Waals surface area contributed by atoms with Gasteiger partial charge in [0.05, 0.1) is 11.4 Å². The van der Waals surface area contributed by atoms with Gasteiger partial charge in [0.15, 0.2) is 0 Å². The highest BCUT2D eigenvalue weighted by Crippen LogP contribution is 2.20. The lowest BCUT2D eigenvalue weighted by Crippen LogP contribution is -1.95. The van der Waals surface area contributed by atoms with E-state index in [1.54, 1.807) is 0 Å². The average molecular weight is 293 g/mol. The molecule has 4 nitrogen and oxygen atoms in total. The van der Waals surface area contributed by atoms with Gasteiger partial charge in [0.1, 0.15) is 12.4 Å². The maximum absolute atomic E-state index is 5.77. The summed E-state index contributed by atoms with van der Waals surface area (Å²) >= 11 is 0. The molecule has 0 aliphatic carbocycles. The fourth-order valence-corrected chi connectivity index (χ4v) is 2.22. The fraction of sp³-hybridized carbons (Fsp3) is 0.167. The van der Waals surface area contributed by atoms with Crippen LogP contribution >= 0.6 is 0 Å². The van der Waals surface area contributed by atoms with Crippen LogP contribution in [-0.4, -0.2) is 10.2 Å². The van der Waals surface area contributed by atoms with Crippen LogP contribution < -0.4 is 10.5 Å². The Hall–Kier alpha value is -2.75. The Balaban J connectivity index is 1.65. The van der Waals surface area contributed by atoms with E-state index in [0.717, 1.165) is 34.8 Å². The van der Waals surface area contributed by atoms with Gasteiger partial charge in [-0.1, -0.05) is 31.2 Å². The van der Waals surface area contributed by atoms with E-state index in [1.807, 2.05) is 42.5 Å². The number of nitrogens with zero attached hydrogens (tertiary/aromatic N) is 1. The standard InChI is InChI=1S/C18H19N3O/c1-2-13-3-9-17(10-4-13)22-12-16-11-18(21-20-16)14-5-7-15(19)8-6-14/h3-11H,2,12,19H2,1H3,(H,20,21). The van der Waals surface area contributed by atoms with Gasteiger partial charge in [-0.3, -0.25) is 5.10 Å². The van der Waals surface area contributed by atoms with E-state index in [2.05, 4.69) is 29.3 Å². The first-order valence-electron chi connectivity index (χ1n) is 7.36. The number of ether oxygens (including phenoxy) is 1. The minimum absolute atomic E-state index is 0.466. The van der Waals surface area contributed by atoms with Gasteiger partial charge in [-0.15, -0.1) is 0 Å². The van der Waals surface area contributed by atoms with Crippen molar-refractivity contribution in [3.63, 3.8) is 0 Å². The van der Waals surface area contributed by atoms with Crippen molar-refractivity contribution >= 4 is 5.69 Å². The van der Waals surface area contributed by atoms with Gasteiger partial charge >= 0.3 is 0 Å². The molecule has 3 N–H and O–H groups in total. The van der Waals surface area contributed by atoms with E-state index >= 15 is 0 Å². The summed E-state index contributed by atoms with van der Waals surface area (Å²) in [7, 11) is 0. The topological polar surface area (TPSA) is 63.9 Å². The van der Waals surface area contributed by atoms with E-state index in [9.17, 15) is 0 Å². The van der Waals surface area contributed by atoms with Gasteiger partial charge in [0.25, 0.3) is 0 Å². The molecule has 0 bridgehead atoms. The Kier molecular flexibility index (Phi) is 4.10. The smallest absolute Gasteiger partial charge is 0.130 e. The molecule has 0 aliphatic rings. The van der Waals surface area contributed by atoms with Crippen LogP contribution in [-0.2, 0) is 13.0 Å². The molecule has 4 heteroatoms. The molecule has 0 unspecified atom stereocenters. The molecule has 3 rings (SSSR count). The Morgan fingerprint density at radius 2 is 1.77 bits per heavy atom. The van der Waals surface area contributed by atoms with Crippen LogP contribution in [0.5, 0.6) is 5.75 Å². The number of H-pyrrole nitrogens is 1. The molecule has 1 heterocycles. The Morgan fingerprint density at radius 3 is 2.45 bits per heavy atom. The van der Waals surface area contributed by atoms with Crippen molar-refractivity contribution in [2.24, 2.45) is 0 Å². The number of rotatable bonds is 5. The van der Waals surface area contributed by atoms with E-state index in [-0.39, 0.29) is 0 Å². The second-order valence-corrected chi connectivity index (χ2v) is 5.19. The van der Waals surface area contributed by atoms with E-state index < -0.39 is 0 Å². The summed E-state index contributed by atoms with van der Waals surface area (Å²) in [6.45, 7) is 2.60. The highest BCUT2D eigenvalue weighted by atomic mass is 16.5. The molecule has 112 valence electrons. The number of aromatic nitrogens is 2. The minimum atomic E-state index is 0.466. The van der Waals surface area contributed by atoms with Gasteiger partial charge in [-0.05, 0) is 42.3 Å². The minimum Gasteiger partial charge on any atom is -0.487 e. The lowest BCUT2D eigenvalue weighted by molar-refractivity contribution is 0.301. The Labute approximate surface area is 129 Å². The van der Waals surface area contributed by atoms with Gasteiger partial charge < -0.3 is 10.5 Å². The molecule has 0 saturated carbocycles. The summed E-state index contributed by atoms with van der Waals surface area (Å²) in [6, 6.07) is 17.8. The summed E-state index contributed by atoms with van der Waals surface area (Å²) in [5.41, 5.74) is 10.6. The van der Waals surface area contributed by atoms with Crippen molar-refractivity contribution in [2.75, 3.05) is 5.73 Å². The number of benzene rings is 2. The van der Waals surface area contributed by atoms with Crippen LogP contribution in [0.4, 0.5) is 5.69 Å². The molecular weight excluding hydrogens is 274 g/mol. The SMILES string of the molecule is CCc1ccc(OCc2cc(-c3ccc(N)cc3)n[nH]2)cc1. The predicted molar refractivity (Wildman–Crippen MR) is 88.6 cm³/mol. The first-order valence-corrected chi connectivity index (χ1v) is 7.36. The monoisotopic (exact) mass is 293 g/mol. The van der Waals surface area contributed by atoms with Crippen LogP contribution in [0, 0.1) is 0 Å². The van der Waals surface area contributed by atoms with Crippen LogP contribution in [0.1, 0.15) is 18.2 Å². The third-order valence-corrected chi connectivity index (χ3v) is 3.56. The number of aryl methyl sites for hydroxylation is 1. The number of nitrogens with two attached hydrogens (primary N) is 1. The zero-order valence-corrected chi connectivity index (χ0v) is 12.5. The van der Waals surface area contributed by atoms with Crippen molar-refractivity contribution in [1.29, 1.82) is 0 Å². The number of aromatic amines is 1. The van der Waals surface area contributed by atoms with Gasteiger partial charge in [0, 0.05) is 11.3 Å². The molecule has 0 atom stereocenters. The van der Waals surface area contributed by atoms with Crippen LogP contribution in [0.15, 0.2) is 54.6 Å². The number of nitrogen functional groups attached to an aromatic ring is 1. The lowest BCUT2D eigenvalue weighted by atomic mass is 10.1. The molecule has 0 amide bonds. The maximum Gasteiger partial charge on any atom is 0.130 e. The van der Waals surface area contributed by atoms with Gasteiger partial charge in [-0.25, -0.2) is 0 Å². The molecule has 0 saturated heterocycles. The maximum atomic E-state index is 5.77. The van der Waals surface area contributed by atoms with Crippen molar-refractivity contribution < 1.29 is 4.74 Å². The van der Waals surface area contributed by atoms with E-state index in [4.69, 9.17) is 10.5 Å². The van der Waals surface area contributed by atoms with Gasteiger partial charge in [0.2, 0.25) is 0 Å². The zero-order valence-electron chi connectivity index (χ0n) is 12.5. The summed E-state index contributed by atoms with van der Waals surface area (Å²) in [5.74, 6) is 0.862. The van der Waals surface area contributed by atoms with Crippen LogP contribution in [0.3, 0.4) is 0 Å². The summed E-state index contributed by atoms with van der Waals surface area (Å²) < 4.78 is 5.77. The number of anilines is 1. The summed E-state index contributed by atoms with van der Waals surface area (Å²) in [5, 5.41) is 7.32. The molecule has 0 spiro atoms. The highest BCUT2D eigenvalue weighted by Gasteiger charge is 2.04. The molecule has 3 aromatic rings. The van der Waals surface area contributed by atoms with E-state index in [0.29, 0.717) is 6.61 Å². The second-order valence-electron chi connectivity index (χ2n) is 5.19. The lowest BCUT2D eigenvalue weighted by Gasteiger charge is -2.05. The van der Waals surface area contributed by atoms with Crippen LogP contribution in [0.2, 0.25) is 0 Å². The number of hydrogen-bond acceptors (Lipinski definition) is 3. The molecule has 0 fully saturated rings. The zero-order chi connectivity index (χ0) is 15.4. The molecule has 0 radical (unpaired) electrons. The first-order chi connectivity index (χ1) is 10.7. The predicted octanol–water partition coefficient (Wildman–Crippen LogP) is 3.80. The summed E-state index contributed by atoms with van der Waals surface area (Å²) in [6.07, 6.45) is 1.03. The van der Waals surface area contributed by atoms with Crippen molar-refractivity contribution in [3.8, 4) is 17.0 Å². The first kappa shape index (κ1) is 14.2. The third kappa shape index (κ3) is 3.28. The molecule has 0 aliphatic heterocycles. The van der Waals surface area contributed by atoms with Crippen LogP contribution in [0.25, 0.3) is 11.3 Å². The number of nitrogens with one attached hydrogen (secondary N) is 1. The quantitative estimate of drug-likeness (QED) is 0.703. The Bertz CT molecular complexity index is 730.